The molecule has 110 valence electrons. The largest absolute Gasteiger partial charge is 0.326 e. The van der Waals surface area contributed by atoms with E-state index >= 15 is 0 Å². The Morgan fingerprint density at radius 1 is 1.38 bits per heavy atom. The fourth-order valence-electron chi connectivity index (χ4n) is 2.25. The summed E-state index contributed by atoms with van der Waals surface area (Å²) in [5, 5.41) is 3.10. The van der Waals surface area contributed by atoms with Gasteiger partial charge in [-0.05, 0) is 35.6 Å². The molecule has 1 aromatic carbocycles. The summed E-state index contributed by atoms with van der Waals surface area (Å²) in [5.41, 5.74) is 2.60. The molecule has 0 saturated carbocycles. The topological polar surface area (TPSA) is 30.7 Å². The molecule has 0 aliphatic carbocycles. The molecule has 0 N–H and O–H groups in total. The predicted octanol–water partition coefficient (Wildman–Crippen LogP) is 4.53. The first-order valence-corrected chi connectivity index (χ1v) is 8.89. The minimum atomic E-state index is -0.226. The second kappa shape index (κ2) is 6.18. The highest BCUT2D eigenvalue weighted by Crippen LogP contribution is 2.23. The zero-order valence-corrected chi connectivity index (χ0v) is 15.0. The molecule has 0 aliphatic rings. The number of fused-ring (bicyclic) bond motifs is 1. The van der Waals surface area contributed by atoms with E-state index in [0.717, 1.165) is 34.0 Å². The molecular formula is C14H12ClFIN3S. The maximum absolute atomic E-state index is 13.8. The maximum Gasteiger partial charge on any atom is 0.138 e. The van der Waals surface area contributed by atoms with Crippen LogP contribution in [0.2, 0.25) is 0 Å². The third-order valence-corrected chi connectivity index (χ3v) is 5.30. The first-order chi connectivity index (χ1) is 10.1. The number of hydrogen-bond acceptors (Lipinski definition) is 3. The fraction of sp³-hybridized carbons (Fsp3) is 0.286. The van der Waals surface area contributed by atoms with Crippen LogP contribution in [-0.2, 0) is 18.8 Å². The quantitative estimate of drug-likeness (QED) is 0.445. The summed E-state index contributed by atoms with van der Waals surface area (Å²) in [4.78, 5) is 8.95. The monoisotopic (exact) mass is 435 g/mol. The van der Waals surface area contributed by atoms with Crippen molar-refractivity contribution in [1.29, 1.82) is 0 Å². The number of imidazole rings is 1. The molecule has 0 aliphatic heterocycles. The van der Waals surface area contributed by atoms with Gasteiger partial charge in [0.2, 0.25) is 0 Å². The minimum absolute atomic E-state index is 0.226. The Morgan fingerprint density at radius 3 is 2.86 bits per heavy atom. The molecule has 21 heavy (non-hydrogen) atoms. The van der Waals surface area contributed by atoms with E-state index in [-0.39, 0.29) is 5.82 Å². The molecule has 3 aromatic rings. The molecule has 3 nitrogen and oxygen atoms in total. The summed E-state index contributed by atoms with van der Waals surface area (Å²) in [7, 11) is 0. The van der Waals surface area contributed by atoms with Gasteiger partial charge in [0.1, 0.15) is 11.6 Å². The highest BCUT2D eigenvalue weighted by atomic mass is 127. The van der Waals surface area contributed by atoms with Gasteiger partial charge in [-0.3, -0.25) is 0 Å². The Bertz CT molecular complexity index is 799. The number of hydrogen-bond donors (Lipinski definition) is 0. The number of halogens is 3. The summed E-state index contributed by atoms with van der Waals surface area (Å²) in [6, 6.07) is 3.29. The Kier molecular flexibility index (Phi) is 4.46. The van der Waals surface area contributed by atoms with Crippen LogP contribution in [0.5, 0.6) is 0 Å². The van der Waals surface area contributed by atoms with Gasteiger partial charge in [-0.15, -0.1) is 22.9 Å². The van der Waals surface area contributed by atoms with Crippen LogP contribution in [0.25, 0.3) is 11.0 Å². The molecule has 0 spiro atoms. The molecule has 2 heterocycles. The first kappa shape index (κ1) is 15.2. The van der Waals surface area contributed by atoms with Crippen LogP contribution in [-0.4, -0.2) is 14.5 Å². The molecule has 0 bridgehead atoms. The van der Waals surface area contributed by atoms with E-state index in [9.17, 15) is 4.39 Å². The normalized spacial score (nSPS) is 11.4. The van der Waals surface area contributed by atoms with Gasteiger partial charge in [-0.1, -0.05) is 0 Å². The SMILES string of the molecule is Cc1csc(CCn2c(CCl)nc3cc(I)c(F)cc32)n1. The van der Waals surface area contributed by atoms with Crippen molar-refractivity contribution in [2.45, 2.75) is 25.8 Å². The Morgan fingerprint density at radius 2 is 2.19 bits per heavy atom. The van der Waals surface area contributed by atoms with Crippen molar-refractivity contribution < 1.29 is 4.39 Å². The van der Waals surface area contributed by atoms with Crippen molar-refractivity contribution in [2.24, 2.45) is 0 Å². The number of aryl methyl sites for hydroxylation is 3. The second-order valence-electron chi connectivity index (χ2n) is 4.70. The standard InChI is InChI=1S/C14H12ClFIN3S/c1-8-7-21-14(18-8)2-3-20-12-4-9(16)10(17)5-11(12)19-13(20)6-15/h4-5,7H,2-3,6H2,1H3. The summed E-state index contributed by atoms with van der Waals surface area (Å²) in [6.07, 6.45) is 0.793. The average molecular weight is 436 g/mol. The van der Waals surface area contributed by atoms with Crippen LogP contribution in [0, 0.1) is 16.3 Å². The van der Waals surface area contributed by atoms with Gasteiger partial charge >= 0.3 is 0 Å². The Labute approximate surface area is 144 Å². The average Bonchev–Trinajstić information content (AvgIpc) is 3.01. The lowest BCUT2D eigenvalue weighted by Gasteiger charge is -2.06. The van der Waals surface area contributed by atoms with Gasteiger partial charge in [-0.2, -0.15) is 0 Å². The lowest BCUT2D eigenvalue weighted by Crippen LogP contribution is -2.05. The van der Waals surface area contributed by atoms with Gasteiger partial charge in [0, 0.05) is 30.1 Å². The number of nitrogens with zero attached hydrogens (tertiary/aromatic N) is 3. The van der Waals surface area contributed by atoms with Crippen LogP contribution in [0.3, 0.4) is 0 Å². The zero-order valence-electron chi connectivity index (χ0n) is 11.2. The van der Waals surface area contributed by atoms with E-state index in [1.807, 2.05) is 39.5 Å². The third kappa shape index (κ3) is 3.07. The summed E-state index contributed by atoms with van der Waals surface area (Å²) in [5.74, 6) is 0.848. The molecular weight excluding hydrogens is 424 g/mol. The lowest BCUT2D eigenvalue weighted by molar-refractivity contribution is 0.619. The van der Waals surface area contributed by atoms with Crippen LogP contribution >= 0.6 is 45.5 Å². The predicted molar refractivity (Wildman–Crippen MR) is 92.5 cm³/mol. The van der Waals surface area contributed by atoms with E-state index in [2.05, 4.69) is 9.97 Å². The number of alkyl halides is 1. The fourth-order valence-corrected chi connectivity index (χ4v) is 3.67. The van der Waals surface area contributed by atoms with E-state index in [1.165, 1.54) is 6.07 Å². The van der Waals surface area contributed by atoms with Crippen LogP contribution in [0.1, 0.15) is 16.5 Å². The van der Waals surface area contributed by atoms with Crippen molar-refractivity contribution in [3.05, 3.63) is 43.4 Å². The van der Waals surface area contributed by atoms with Crippen LogP contribution < -0.4 is 0 Å². The number of thiazole rings is 1. The molecule has 0 atom stereocenters. The summed E-state index contributed by atoms with van der Waals surface area (Å²) < 4.78 is 16.4. The highest BCUT2D eigenvalue weighted by molar-refractivity contribution is 14.1. The van der Waals surface area contributed by atoms with E-state index < -0.39 is 0 Å². The number of benzene rings is 1. The van der Waals surface area contributed by atoms with Gasteiger partial charge in [-0.25, -0.2) is 14.4 Å². The van der Waals surface area contributed by atoms with Crippen LogP contribution in [0.15, 0.2) is 17.5 Å². The molecule has 0 unspecified atom stereocenters. The minimum Gasteiger partial charge on any atom is -0.326 e. The molecule has 7 heteroatoms. The van der Waals surface area contributed by atoms with E-state index in [1.54, 1.807) is 17.4 Å². The Hall–Kier alpha value is -0.730. The van der Waals surface area contributed by atoms with Crippen LogP contribution in [0.4, 0.5) is 4.39 Å². The summed E-state index contributed by atoms with van der Waals surface area (Å²) in [6.45, 7) is 2.68. The molecule has 0 fully saturated rings. The van der Waals surface area contributed by atoms with E-state index in [0.29, 0.717) is 16.0 Å². The highest BCUT2D eigenvalue weighted by Gasteiger charge is 2.13. The molecule has 0 saturated heterocycles. The van der Waals surface area contributed by atoms with Gasteiger partial charge in [0.15, 0.2) is 0 Å². The van der Waals surface area contributed by atoms with Gasteiger partial charge in [0.05, 0.1) is 25.5 Å². The van der Waals surface area contributed by atoms with Crippen molar-refractivity contribution in [3.8, 4) is 0 Å². The number of aromatic nitrogens is 3. The van der Waals surface area contributed by atoms with Gasteiger partial charge in [0.25, 0.3) is 0 Å². The Balaban J connectivity index is 1.97. The third-order valence-electron chi connectivity index (χ3n) is 3.20. The first-order valence-electron chi connectivity index (χ1n) is 6.39. The molecule has 3 rings (SSSR count). The summed E-state index contributed by atoms with van der Waals surface area (Å²) >= 11 is 9.59. The van der Waals surface area contributed by atoms with Crippen molar-refractivity contribution in [2.75, 3.05) is 0 Å². The van der Waals surface area contributed by atoms with Crippen molar-refractivity contribution in [1.82, 2.24) is 14.5 Å². The zero-order chi connectivity index (χ0) is 15.0. The van der Waals surface area contributed by atoms with Crippen molar-refractivity contribution >= 4 is 56.6 Å². The second-order valence-corrected chi connectivity index (χ2v) is 7.07. The smallest absolute Gasteiger partial charge is 0.138 e. The molecule has 2 aromatic heterocycles. The molecule has 0 radical (unpaired) electrons. The number of rotatable bonds is 4. The van der Waals surface area contributed by atoms with E-state index in [4.69, 9.17) is 11.6 Å². The maximum atomic E-state index is 13.8. The van der Waals surface area contributed by atoms with Gasteiger partial charge < -0.3 is 4.57 Å². The van der Waals surface area contributed by atoms with Crippen molar-refractivity contribution in [3.63, 3.8) is 0 Å². The molecule has 0 amide bonds. The lowest BCUT2D eigenvalue weighted by atomic mass is 10.3.